The molecule has 25 heavy (non-hydrogen) atoms. The number of guanidine groups is 1. The Bertz CT molecular complexity index is 705. The molecular formula is C19H29IN4S. The van der Waals surface area contributed by atoms with Crippen molar-refractivity contribution < 1.29 is 0 Å². The lowest BCUT2D eigenvalue weighted by Gasteiger charge is -2.27. The predicted octanol–water partition coefficient (Wildman–Crippen LogP) is 4.33. The molecule has 0 amide bonds. The third-order valence-corrected chi connectivity index (χ3v) is 5.24. The summed E-state index contributed by atoms with van der Waals surface area (Å²) in [6.45, 7) is 12.3. The first-order valence-electron chi connectivity index (χ1n) is 8.26. The molecule has 0 aliphatic rings. The highest BCUT2D eigenvalue weighted by Crippen LogP contribution is 2.22. The van der Waals surface area contributed by atoms with Gasteiger partial charge in [-0.05, 0) is 26.3 Å². The molecule has 1 heterocycles. The lowest BCUT2D eigenvalue weighted by molar-refractivity contribution is 0.508. The zero-order chi connectivity index (χ0) is 17.7. The number of aromatic nitrogens is 1. The third kappa shape index (κ3) is 6.26. The fourth-order valence-corrected chi connectivity index (χ4v) is 3.41. The average Bonchev–Trinajstić information content (AvgIpc) is 2.85. The van der Waals surface area contributed by atoms with Crippen LogP contribution in [0, 0.1) is 20.8 Å². The molecule has 1 aromatic heterocycles. The van der Waals surface area contributed by atoms with Crippen molar-refractivity contribution in [3.63, 3.8) is 0 Å². The molecule has 0 atom stereocenters. The number of nitrogens with one attached hydrogen (secondary N) is 2. The van der Waals surface area contributed by atoms with Crippen LogP contribution in [-0.2, 0) is 12.0 Å². The second-order valence-electron chi connectivity index (χ2n) is 6.77. The van der Waals surface area contributed by atoms with E-state index < -0.39 is 0 Å². The summed E-state index contributed by atoms with van der Waals surface area (Å²) in [5, 5.41) is 7.93. The van der Waals surface area contributed by atoms with E-state index >= 15 is 0 Å². The van der Waals surface area contributed by atoms with Gasteiger partial charge >= 0.3 is 0 Å². The Kier molecular flexibility index (Phi) is 8.34. The monoisotopic (exact) mass is 472 g/mol. The summed E-state index contributed by atoms with van der Waals surface area (Å²) in [6, 6.07) is 8.74. The van der Waals surface area contributed by atoms with Gasteiger partial charge in [0.25, 0.3) is 0 Å². The first-order valence-corrected chi connectivity index (χ1v) is 9.08. The fourth-order valence-electron chi connectivity index (χ4n) is 2.53. The number of hydrogen-bond donors (Lipinski definition) is 2. The highest BCUT2D eigenvalue weighted by Gasteiger charge is 2.20. The molecule has 1 aromatic carbocycles. The molecule has 0 fully saturated rings. The number of nitrogens with zero attached hydrogens (tertiary/aromatic N) is 2. The van der Waals surface area contributed by atoms with Crippen molar-refractivity contribution in [1.82, 2.24) is 15.6 Å². The zero-order valence-electron chi connectivity index (χ0n) is 15.9. The molecule has 0 radical (unpaired) electrons. The largest absolute Gasteiger partial charge is 0.356 e. The minimum Gasteiger partial charge on any atom is -0.356 e. The first-order chi connectivity index (χ1) is 11.3. The maximum Gasteiger partial charge on any atom is 0.191 e. The van der Waals surface area contributed by atoms with Gasteiger partial charge in [-0.3, -0.25) is 4.99 Å². The Labute approximate surface area is 172 Å². The van der Waals surface area contributed by atoms with Crippen LogP contribution in [0.3, 0.4) is 0 Å². The van der Waals surface area contributed by atoms with Crippen molar-refractivity contribution in [2.24, 2.45) is 4.99 Å². The molecule has 0 spiro atoms. The van der Waals surface area contributed by atoms with E-state index in [2.05, 4.69) is 72.6 Å². The number of hydrogen-bond acceptors (Lipinski definition) is 3. The normalized spacial score (nSPS) is 11.8. The van der Waals surface area contributed by atoms with Crippen LogP contribution < -0.4 is 10.6 Å². The Morgan fingerprint density at radius 1 is 1.12 bits per heavy atom. The Hall–Kier alpha value is -1.15. The van der Waals surface area contributed by atoms with Crippen LogP contribution in [0.4, 0.5) is 0 Å². The lowest BCUT2D eigenvalue weighted by Crippen LogP contribution is -2.43. The van der Waals surface area contributed by atoms with Gasteiger partial charge in [-0.15, -0.1) is 35.3 Å². The predicted molar refractivity (Wildman–Crippen MR) is 119 cm³/mol. The van der Waals surface area contributed by atoms with E-state index in [1.807, 2.05) is 6.92 Å². The first kappa shape index (κ1) is 21.9. The molecule has 0 aliphatic carbocycles. The maximum absolute atomic E-state index is 4.47. The van der Waals surface area contributed by atoms with Crippen molar-refractivity contribution in [1.29, 1.82) is 0 Å². The Morgan fingerprint density at radius 2 is 1.76 bits per heavy atom. The van der Waals surface area contributed by atoms with Crippen LogP contribution in [0.2, 0.25) is 0 Å². The van der Waals surface area contributed by atoms with Gasteiger partial charge < -0.3 is 10.6 Å². The Balaban J connectivity index is 0.00000312. The van der Waals surface area contributed by atoms with Crippen LogP contribution in [0.5, 0.6) is 0 Å². The van der Waals surface area contributed by atoms with Gasteiger partial charge in [0.05, 0.1) is 17.2 Å². The molecule has 2 N–H and O–H groups in total. The molecular weight excluding hydrogens is 443 g/mol. The molecule has 2 aromatic rings. The third-order valence-electron chi connectivity index (χ3n) is 4.17. The second-order valence-corrected chi connectivity index (χ2v) is 8.06. The molecule has 4 nitrogen and oxygen atoms in total. The molecule has 138 valence electrons. The Morgan fingerprint density at radius 3 is 2.28 bits per heavy atom. The smallest absolute Gasteiger partial charge is 0.191 e. The second kappa shape index (κ2) is 9.52. The van der Waals surface area contributed by atoms with Crippen molar-refractivity contribution in [3.05, 3.63) is 51.0 Å². The number of benzene rings is 1. The van der Waals surface area contributed by atoms with Crippen molar-refractivity contribution in [3.8, 4) is 0 Å². The highest BCUT2D eigenvalue weighted by molar-refractivity contribution is 14.0. The maximum atomic E-state index is 4.47. The molecule has 0 saturated heterocycles. The van der Waals surface area contributed by atoms with E-state index in [1.54, 1.807) is 18.4 Å². The van der Waals surface area contributed by atoms with E-state index in [0.29, 0.717) is 0 Å². The molecule has 0 bridgehead atoms. The lowest BCUT2D eigenvalue weighted by atomic mass is 9.84. The zero-order valence-corrected chi connectivity index (χ0v) is 19.1. The van der Waals surface area contributed by atoms with Crippen LogP contribution in [0.25, 0.3) is 0 Å². The number of rotatable bonds is 5. The average molecular weight is 472 g/mol. The van der Waals surface area contributed by atoms with E-state index in [9.17, 15) is 0 Å². The number of aryl methyl sites for hydroxylation is 3. The van der Waals surface area contributed by atoms with E-state index in [0.717, 1.165) is 29.8 Å². The van der Waals surface area contributed by atoms with Gasteiger partial charge in [0.2, 0.25) is 0 Å². The van der Waals surface area contributed by atoms with E-state index in [-0.39, 0.29) is 29.4 Å². The molecule has 2 rings (SSSR count). The molecule has 0 saturated carbocycles. The fraction of sp³-hybridized carbons (Fsp3) is 0.474. The van der Waals surface area contributed by atoms with Gasteiger partial charge in [0.15, 0.2) is 5.96 Å². The summed E-state index contributed by atoms with van der Waals surface area (Å²) in [5.74, 6) is 0.820. The van der Waals surface area contributed by atoms with E-state index in [1.165, 1.54) is 16.0 Å². The number of halogens is 1. The summed E-state index contributed by atoms with van der Waals surface area (Å²) in [5.41, 5.74) is 3.74. The quantitative estimate of drug-likeness (QED) is 0.387. The van der Waals surface area contributed by atoms with Gasteiger partial charge in [-0.1, -0.05) is 43.7 Å². The van der Waals surface area contributed by atoms with Gasteiger partial charge in [-0.2, -0.15) is 0 Å². The number of thiazole rings is 1. The topological polar surface area (TPSA) is 49.3 Å². The van der Waals surface area contributed by atoms with Crippen molar-refractivity contribution in [2.45, 2.75) is 46.6 Å². The van der Waals surface area contributed by atoms with Crippen LogP contribution in [-0.4, -0.2) is 24.5 Å². The molecule has 6 heteroatoms. The van der Waals surface area contributed by atoms with Crippen LogP contribution in [0.15, 0.2) is 29.3 Å². The van der Waals surface area contributed by atoms with Crippen LogP contribution >= 0.6 is 35.3 Å². The minimum absolute atomic E-state index is 0. The number of aliphatic imine (C=N–C) groups is 1. The van der Waals surface area contributed by atoms with Gasteiger partial charge in [0, 0.05) is 23.9 Å². The molecule has 0 aliphatic heterocycles. The summed E-state index contributed by atoms with van der Waals surface area (Å²) in [4.78, 5) is 10.1. The van der Waals surface area contributed by atoms with Crippen molar-refractivity contribution >= 4 is 41.3 Å². The van der Waals surface area contributed by atoms with Gasteiger partial charge in [0.1, 0.15) is 0 Å². The summed E-state index contributed by atoms with van der Waals surface area (Å²) in [6.07, 6.45) is 0. The summed E-state index contributed by atoms with van der Waals surface area (Å²) >= 11 is 1.73. The summed E-state index contributed by atoms with van der Waals surface area (Å²) in [7, 11) is 1.80. The van der Waals surface area contributed by atoms with Gasteiger partial charge in [-0.25, -0.2) is 4.98 Å². The highest BCUT2D eigenvalue weighted by atomic mass is 127. The standard InChI is InChI=1S/C19H28N4S.HI/c1-13-7-9-16(10-8-13)19(4,5)12-22-18(20-6)21-11-17-14(2)23-15(3)24-17;/h7-10H,11-12H2,1-6H3,(H2,20,21,22);1H. The minimum atomic E-state index is 0. The van der Waals surface area contributed by atoms with E-state index in [4.69, 9.17) is 0 Å². The van der Waals surface area contributed by atoms with Crippen LogP contribution in [0.1, 0.15) is 40.6 Å². The van der Waals surface area contributed by atoms with Crippen molar-refractivity contribution in [2.75, 3.05) is 13.6 Å². The summed E-state index contributed by atoms with van der Waals surface area (Å²) < 4.78 is 0. The molecule has 0 unspecified atom stereocenters. The SMILES string of the molecule is CN=C(NCc1sc(C)nc1C)NCC(C)(C)c1ccc(C)cc1.I.